The molecule has 1 saturated heterocycles. The van der Waals surface area contributed by atoms with Crippen molar-refractivity contribution in [3.05, 3.63) is 72.6 Å². The van der Waals surface area contributed by atoms with Gasteiger partial charge in [-0.05, 0) is 29.3 Å². The first-order chi connectivity index (χ1) is 17.4. The standard InChI is InChI=1S/C28H29N5O3/c1-31(2)28(36)33-14-12-32(13-15-33)26(34)16-19-6-8-20(9-7-19)22-4-3-5-23(27(22)35)24-17-21-10-11-29-18-25(21)30-24/h3-11,17-18,30,35H,12-16H2,1-2H3. The number of rotatable bonds is 4. The number of H-pyrrole nitrogens is 1. The molecule has 1 fully saturated rings. The maximum atomic E-state index is 12.8. The minimum atomic E-state index is -0.0217. The van der Waals surface area contributed by atoms with Gasteiger partial charge in [0.2, 0.25) is 5.91 Å². The molecular weight excluding hydrogens is 454 g/mol. The largest absolute Gasteiger partial charge is 0.507 e. The van der Waals surface area contributed by atoms with Crippen molar-refractivity contribution in [1.82, 2.24) is 24.7 Å². The highest BCUT2D eigenvalue weighted by atomic mass is 16.3. The number of para-hydroxylation sites is 1. The van der Waals surface area contributed by atoms with Gasteiger partial charge in [-0.25, -0.2) is 4.79 Å². The van der Waals surface area contributed by atoms with Gasteiger partial charge in [-0.15, -0.1) is 0 Å². The Kier molecular flexibility index (Phi) is 6.33. The number of carbonyl (C=O) groups is 2. The van der Waals surface area contributed by atoms with E-state index in [1.807, 2.05) is 59.5 Å². The van der Waals surface area contributed by atoms with Crippen LogP contribution in [-0.4, -0.2) is 82.0 Å². The summed E-state index contributed by atoms with van der Waals surface area (Å²) in [5.41, 5.74) is 4.97. The van der Waals surface area contributed by atoms with Crippen LogP contribution < -0.4 is 0 Å². The molecule has 0 bridgehead atoms. The van der Waals surface area contributed by atoms with Crippen molar-refractivity contribution in [2.24, 2.45) is 0 Å². The minimum absolute atomic E-state index is 0.0217. The van der Waals surface area contributed by atoms with Gasteiger partial charge in [0.25, 0.3) is 0 Å². The van der Waals surface area contributed by atoms with Crippen LogP contribution in [-0.2, 0) is 11.2 Å². The number of aromatic nitrogens is 2. The van der Waals surface area contributed by atoms with Gasteiger partial charge in [-0.1, -0.05) is 36.4 Å². The lowest BCUT2D eigenvalue weighted by Crippen LogP contribution is -2.53. The molecular formula is C28H29N5O3. The van der Waals surface area contributed by atoms with Crippen LogP contribution >= 0.6 is 0 Å². The molecule has 8 heteroatoms. The summed E-state index contributed by atoms with van der Waals surface area (Å²) in [5, 5.41) is 12.1. The molecule has 0 radical (unpaired) electrons. The van der Waals surface area contributed by atoms with E-state index in [0.717, 1.165) is 38.9 Å². The van der Waals surface area contributed by atoms with Crippen LogP contribution in [0.4, 0.5) is 4.79 Å². The second-order valence-corrected chi connectivity index (χ2v) is 9.27. The quantitative estimate of drug-likeness (QED) is 0.459. The maximum absolute atomic E-state index is 12.8. The fraction of sp³-hybridized carbons (Fsp3) is 0.250. The van der Waals surface area contributed by atoms with E-state index >= 15 is 0 Å². The molecule has 2 aromatic carbocycles. The zero-order valence-corrected chi connectivity index (χ0v) is 20.4. The van der Waals surface area contributed by atoms with E-state index < -0.39 is 0 Å². The Morgan fingerprint density at radius 2 is 1.67 bits per heavy atom. The first-order valence-corrected chi connectivity index (χ1v) is 12.0. The summed E-state index contributed by atoms with van der Waals surface area (Å²) < 4.78 is 0. The molecule has 0 saturated carbocycles. The molecule has 184 valence electrons. The van der Waals surface area contributed by atoms with E-state index in [1.54, 1.807) is 36.3 Å². The fourth-order valence-electron chi connectivity index (χ4n) is 4.63. The van der Waals surface area contributed by atoms with Crippen LogP contribution in [0.2, 0.25) is 0 Å². The highest BCUT2D eigenvalue weighted by Crippen LogP contribution is 2.38. The van der Waals surface area contributed by atoms with Crippen molar-refractivity contribution >= 4 is 22.8 Å². The van der Waals surface area contributed by atoms with Crippen LogP contribution in [0.1, 0.15) is 5.56 Å². The summed E-state index contributed by atoms with van der Waals surface area (Å²) in [6, 6.07) is 17.3. The van der Waals surface area contributed by atoms with Gasteiger partial charge in [-0.2, -0.15) is 0 Å². The number of amides is 3. The molecule has 1 aliphatic heterocycles. The average molecular weight is 484 g/mol. The number of nitrogens with one attached hydrogen (secondary N) is 1. The maximum Gasteiger partial charge on any atom is 0.319 e. The molecule has 4 aromatic rings. The number of pyridine rings is 1. The van der Waals surface area contributed by atoms with Gasteiger partial charge >= 0.3 is 6.03 Å². The Morgan fingerprint density at radius 3 is 2.36 bits per heavy atom. The number of fused-ring (bicyclic) bond motifs is 1. The molecule has 36 heavy (non-hydrogen) atoms. The van der Waals surface area contributed by atoms with Crippen molar-refractivity contribution in [2.45, 2.75) is 6.42 Å². The molecule has 1 aliphatic rings. The van der Waals surface area contributed by atoms with Crippen molar-refractivity contribution in [1.29, 1.82) is 0 Å². The second-order valence-electron chi connectivity index (χ2n) is 9.27. The number of hydrogen-bond donors (Lipinski definition) is 2. The van der Waals surface area contributed by atoms with Gasteiger partial charge in [0.05, 0.1) is 23.8 Å². The van der Waals surface area contributed by atoms with Gasteiger partial charge in [0.15, 0.2) is 0 Å². The number of phenolic OH excluding ortho intramolecular Hbond substituents is 1. The molecule has 3 heterocycles. The predicted octanol–water partition coefficient (Wildman–Crippen LogP) is 3.97. The van der Waals surface area contributed by atoms with Gasteiger partial charge in [0, 0.05) is 63.0 Å². The van der Waals surface area contributed by atoms with Crippen molar-refractivity contribution in [2.75, 3.05) is 40.3 Å². The number of benzene rings is 2. The Morgan fingerprint density at radius 1 is 0.972 bits per heavy atom. The van der Waals surface area contributed by atoms with Gasteiger partial charge in [-0.3, -0.25) is 9.78 Å². The Bertz CT molecular complexity index is 1370. The molecule has 5 rings (SSSR count). The highest BCUT2D eigenvalue weighted by molar-refractivity contribution is 5.89. The lowest BCUT2D eigenvalue weighted by Gasteiger charge is -2.36. The van der Waals surface area contributed by atoms with Crippen molar-refractivity contribution in [3.8, 4) is 28.1 Å². The first-order valence-electron chi connectivity index (χ1n) is 12.0. The molecule has 8 nitrogen and oxygen atoms in total. The Labute approximate surface area is 209 Å². The summed E-state index contributed by atoms with van der Waals surface area (Å²) in [6.45, 7) is 2.18. The number of phenols is 1. The number of carbonyl (C=O) groups excluding carboxylic acids is 2. The molecule has 2 N–H and O–H groups in total. The van der Waals surface area contributed by atoms with Crippen LogP contribution in [0.25, 0.3) is 33.3 Å². The van der Waals surface area contributed by atoms with Crippen molar-refractivity contribution in [3.63, 3.8) is 0 Å². The minimum Gasteiger partial charge on any atom is -0.507 e. The molecule has 2 aromatic heterocycles. The molecule has 0 aliphatic carbocycles. The van der Waals surface area contributed by atoms with Crippen LogP contribution in [0.15, 0.2) is 67.0 Å². The van der Waals surface area contributed by atoms with Gasteiger partial charge in [0.1, 0.15) is 5.75 Å². The highest BCUT2D eigenvalue weighted by Gasteiger charge is 2.25. The third-order valence-electron chi connectivity index (χ3n) is 6.66. The summed E-state index contributed by atoms with van der Waals surface area (Å²) in [6.07, 6.45) is 3.81. The second kappa shape index (κ2) is 9.73. The summed E-state index contributed by atoms with van der Waals surface area (Å²) >= 11 is 0. The molecule has 0 unspecified atom stereocenters. The third-order valence-corrected chi connectivity index (χ3v) is 6.66. The van der Waals surface area contributed by atoms with E-state index in [0.29, 0.717) is 32.6 Å². The lowest BCUT2D eigenvalue weighted by molar-refractivity contribution is -0.131. The van der Waals surface area contributed by atoms with E-state index in [9.17, 15) is 14.7 Å². The van der Waals surface area contributed by atoms with E-state index in [-0.39, 0.29) is 17.7 Å². The number of aromatic amines is 1. The Hall–Kier alpha value is -4.33. The van der Waals surface area contributed by atoms with E-state index in [2.05, 4.69) is 9.97 Å². The molecule has 3 amide bonds. The Balaban J connectivity index is 1.27. The number of aromatic hydroxyl groups is 1. The topological polar surface area (TPSA) is 92.8 Å². The van der Waals surface area contributed by atoms with Crippen LogP contribution in [0.3, 0.4) is 0 Å². The van der Waals surface area contributed by atoms with E-state index in [1.165, 1.54) is 0 Å². The predicted molar refractivity (Wildman–Crippen MR) is 140 cm³/mol. The van der Waals surface area contributed by atoms with Crippen molar-refractivity contribution < 1.29 is 14.7 Å². The summed E-state index contributed by atoms with van der Waals surface area (Å²) in [5.74, 6) is 0.254. The normalized spacial score (nSPS) is 13.7. The van der Waals surface area contributed by atoms with Crippen LogP contribution in [0, 0.1) is 0 Å². The number of hydrogen-bond acceptors (Lipinski definition) is 4. The molecule has 0 atom stereocenters. The zero-order valence-electron chi connectivity index (χ0n) is 20.4. The SMILES string of the molecule is CN(C)C(=O)N1CCN(C(=O)Cc2ccc(-c3cccc(-c4cc5ccncc5[nH]4)c3O)cc2)CC1. The average Bonchev–Trinajstić information content (AvgIpc) is 3.33. The summed E-state index contributed by atoms with van der Waals surface area (Å²) in [4.78, 5) is 37.5. The zero-order chi connectivity index (χ0) is 25.2. The van der Waals surface area contributed by atoms with E-state index in [4.69, 9.17) is 0 Å². The monoisotopic (exact) mass is 483 g/mol. The smallest absolute Gasteiger partial charge is 0.319 e. The third kappa shape index (κ3) is 4.62. The fourth-order valence-corrected chi connectivity index (χ4v) is 4.63. The number of piperazine rings is 1. The number of urea groups is 1. The number of nitrogens with zero attached hydrogens (tertiary/aromatic N) is 4. The van der Waals surface area contributed by atoms with Crippen LogP contribution in [0.5, 0.6) is 5.75 Å². The first kappa shape index (κ1) is 23.4. The molecule has 0 spiro atoms. The summed E-state index contributed by atoms with van der Waals surface area (Å²) in [7, 11) is 3.47. The lowest BCUT2D eigenvalue weighted by atomic mass is 9.98. The van der Waals surface area contributed by atoms with Gasteiger partial charge < -0.3 is 24.8 Å².